The number of aromatic nitrogens is 1. The van der Waals surface area contributed by atoms with Gasteiger partial charge in [0.15, 0.2) is 5.13 Å². The zero-order valence-corrected chi connectivity index (χ0v) is 14.2. The number of halogens is 1. The summed E-state index contributed by atoms with van der Waals surface area (Å²) in [5.74, 6) is 0.115. The molecule has 0 aliphatic carbocycles. The van der Waals surface area contributed by atoms with E-state index in [1.54, 1.807) is 11.3 Å². The molecular formula is C15H16BrN3OS. The Kier molecular flexibility index (Phi) is 4.26. The minimum absolute atomic E-state index is 0.115. The van der Waals surface area contributed by atoms with E-state index in [2.05, 4.69) is 25.8 Å². The summed E-state index contributed by atoms with van der Waals surface area (Å²) in [4.78, 5) is 21.0. The number of benzene rings is 1. The first kappa shape index (κ1) is 14.5. The van der Waals surface area contributed by atoms with Crippen molar-refractivity contribution in [1.82, 2.24) is 9.88 Å². The normalized spacial score (nSPS) is 15.3. The summed E-state index contributed by atoms with van der Waals surface area (Å²) in [5, 5.41) is 3.03. The van der Waals surface area contributed by atoms with E-state index in [1.807, 2.05) is 41.6 Å². The van der Waals surface area contributed by atoms with Gasteiger partial charge in [-0.25, -0.2) is 4.98 Å². The van der Waals surface area contributed by atoms with Crippen LogP contribution in [0, 0.1) is 6.92 Å². The molecule has 0 radical (unpaired) electrons. The lowest BCUT2D eigenvalue weighted by Gasteiger charge is -2.34. The zero-order valence-electron chi connectivity index (χ0n) is 11.8. The molecule has 4 nitrogen and oxygen atoms in total. The predicted octanol–water partition coefficient (Wildman–Crippen LogP) is 3.18. The summed E-state index contributed by atoms with van der Waals surface area (Å²) in [5.41, 5.74) is 1.85. The molecule has 0 bridgehead atoms. The van der Waals surface area contributed by atoms with Crippen LogP contribution >= 0.6 is 27.3 Å². The van der Waals surface area contributed by atoms with Crippen LogP contribution in [0.4, 0.5) is 5.13 Å². The van der Waals surface area contributed by atoms with Crippen molar-refractivity contribution in [1.29, 1.82) is 0 Å². The lowest BCUT2D eigenvalue weighted by Crippen LogP contribution is -2.48. The lowest BCUT2D eigenvalue weighted by atomic mass is 10.1. The summed E-state index contributed by atoms with van der Waals surface area (Å²) < 4.78 is 1.03. The summed E-state index contributed by atoms with van der Waals surface area (Å²) in [6, 6.07) is 5.76. The highest BCUT2D eigenvalue weighted by Gasteiger charge is 2.23. The molecule has 1 amide bonds. The van der Waals surface area contributed by atoms with Crippen molar-refractivity contribution in [3.8, 4) is 0 Å². The first-order chi connectivity index (χ1) is 10.1. The maximum Gasteiger partial charge on any atom is 0.253 e. The smallest absolute Gasteiger partial charge is 0.253 e. The second-order valence-electron chi connectivity index (χ2n) is 5.06. The minimum atomic E-state index is 0.115. The van der Waals surface area contributed by atoms with Crippen LogP contribution in [0.5, 0.6) is 0 Å². The second-order valence-corrected chi connectivity index (χ2v) is 6.79. The predicted molar refractivity (Wildman–Crippen MR) is 89.1 cm³/mol. The molecule has 2 aromatic rings. The van der Waals surface area contributed by atoms with Crippen molar-refractivity contribution >= 4 is 38.3 Å². The van der Waals surface area contributed by atoms with E-state index >= 15 is 0 Å². The van der Waals surface area contributed by atoms with Crippen LogP contribution in [-0.2, 0) is 0 Å². The van der Waals surface area contributed by atoms with Gasteiger partial charge in [0, 0.05) is 47.8 Å². The van der Waals surface area contributed by atoms with Gasteiger partial charge in [0.25, 0.3) is 5.91 Å². The molecule has 0 atom stereocenters. The van der Waals surface area contributed by atoms with Gasteiger partial charge in [0.2, 0.25) is 0 Å². The topological polar surface area (TPSA) is 36.4 Å². The number of rotatable bonds is 2. The van der Waals surface area contributed by atoms with E-state index in [9.17, 15) is 4.79 Å². The van der Waals surface area contributed by atoms with Gasteiger partial charge in [-0.2, -0.15) is 0 Å². The molecule has 1 aliphatic heterocycles. The number of nitrogens with zero attached hydrogens (tertiary/aromatic N) is 3. The number of hydrogen-bond donors (Lipinski definition) is 0. The van der Waals surface area contributed by atoms with Gasteiger partial charge in [-0.15, -0.1) is 11.3 Å². The Balaban J connectivity index is 1.66. The maximum absolute atomic E-state index is 12.5. The third-order valence-corrected chi connectivity index (χ3v) is 5.38. The fraction of sp³-hybridized carbons (Fsp3) is 0.333. The van der Waals surface area contributed by atoms with Crippen LogP contribution in [0.15, 0.2) is 34.2 Å². The van der Waals surface area contributed by atoms with Crippen LogP contribution in [0.1, 0.15) is 15.9 Å². The molecule has 21 heavy (non-hydrogen) atoms. The summed E-state index contributed by atoms with van der Waals surface area (Å²) >= 11 is 5.11. The Hall–Kier alpha value is -1.40. The van der Waals surface area contributed by atoms with Gasteiger partial charge in [0.05, 0.1) is 0 Å². The molecular weight excluding hydrogens is 350 g/mol. The van der Waals surface area contributed by atoms with Gasteiger partial charge in [-0.1, -0.05) is 15.9 Å². The van der Waals surface area contributed by atoms with Crippen molar-refractivity contribution in [2.45, 2.75) is 6.92 Å². The highest BCUT2D eigenvalue weighted by atomic mass is 79.9. The van der Waals surface area contributed by atoms with E-state index in [1.165, 1.54) is 0 Å². The molecule has 1 aromatic carbocycles. The average molecular weight is 366 g/mol. The molecule has 1 saturated heterocycles. The van der Waals surface area contributed by atoms with E-state index in [-0.39, 0.29) is 5.91 Å². The fourth-order valence-corrected chi connectivity index (χ4v) is 3.38. The van der Waals surface area contributed by atoms with Gasteiger partial charge in [0.1, 0.15) is 0 Å². The first-order valence-electron chi connectivity index (χ1n) is 6.85. The lowest BCUT2D eigenvalue weighted by molar-refractivity contribution is 0.0746. The largest absolute Gasteiger partial charge is 0.345 e. The highest BCUT2D eigenvalue weighted by molar-refractivity contribution is 9.10. The third-order valence-electron chi connectivity index (χ3n) is 3.66. The SMILES string of the molecule is Cc1cc(C(=O)N2CCN(c3nccs3)CC2)ccc1Br. The molecule has 1 aromatic heterocycles. The van der Waals surface area contributed by atoms with Gasteiger partial charge in [-0.3, -0.25) is 4.79 Å². The number of piperazine rings is 1. The van der Waals surface area contributed by atoms with Crippen molar-refractivity contribution in [3.63, 3.8) is 0 Å². The summed E-state index contributed by atoms with van der Waals surface area (Å²) in [7, 11) is 0. The molecule has 1 fully saturated rings. The number of aryl methyl sites for hydroxylation is 1. The molecule has 0 spiro atoms. The van der Waals surface area contributed by atoms with Crippen LogP contribution in [0.25, 0.3) is 0 Å². The quantitative estimate of drug-likeness (QED) is 0.819. The molecule has 6 heteroatoms. The van der Waals surface area contributed by atoms with Crippen molar-refractivity contribution in [2.24, 2.45) is 0 Å². The van der Waals surface area contributed by atoms with Crippen LogP contribution < -0.4 is 4.90 Å². The average Bonchev–Trinajstić information content (AvgIpc) is 3.04. The van der Waals surface area contributed by atoms with Crippen molar-refractivity contribution in [3.05, 3.63) is 45.4 Å². The van der Waals surface area contributed by atoms with Crippen LogP contribution in [-0.4, -0.2) is 42.0 Å². The van der Waals surface area contributed by atoms with Crippen molar-refractivity contribution in [2.75, 3.05) is 31.1 Å². The third kappa shape index (κ3) is 3.11. The monoisotopic (exact) mass is 365 g/mol. The molecule has 1 aliphatic rings. The second kappa shape index (κ2) is 6.15. The van der Waals surface area contributed by atoms with Crippen LogP contribution in [0.3, 0.4) is 0 Å². The number of hydrogen-bond acceptors (Lipinski definition) is 4. The number of thiazole rings is 1. The minimum Gasteiger partial charge on any atom is -0.345 e. The first-order valence-corrected chi connectivity index (χ1v) is 8.52. The summed E-state index contributed by atoms with van der Waals surface area (Å²) in [6.45, 7) is 5.17. The zero-order chi connectivity index (χ0) is 14.8. The maximum atomic E-state index is 12.5. The van der Waals surface area contributed by atoms with Gasteiger partial charge in [-0.05, 0) is 30.7 Å². The number of amides is 1. The molecule has 110 valence electrons. The van der Waals surface area contributed by atoms with E-state index < -0.39 is 0 Å². The standard InChI is InChI=1S/C15H16BrN3OS/c1-11-10-12(2-3-13(11)16)14(20)18-5-7-19(8-6-18)15-17-4-9-21-15/h2-4,9-10H,5-8H2,1H3. The van der Waals surface area contributed by atoms with E-state index in [4.69, 9.17) is 0 Å². The molecule has 0 saturated carbocycles. The Morgan fingerprint density at radius 1 is 1.29 bits per heavy atom. The van der Waals surface area contributed by atoms with Crippen molar-refractivity contribution < 1.29 is 4.79 Å². The van der Waals surface area contributed by atoms with E-state index in [0.717, 1.165) is 46.9 Å². The fourth-order valence-electron chi connectivity index (χ4n) is 2.43. The Morgan fingerprint density at radius 3 is 2.67 bits per heavy atom. The molecule has 2 heterocycles. The van der Waals surface area contributed by atoms with Gasteiger partial charge < -0.3 is 9.80 Å². The highest BCUT2D eigenvalue weighted by Crippen LogP contribution is 2.21. The van der Waals surface area contributed by atoms with Gasteiger partial charge >= 0.3 is 0 Å². The number of anilines is 1. The van der Waals surface area contributed by atoms with Crippen LogP contribution in [0.2, 0.25) is 0 Å². The Morgan fingerprint density at radius 2 is 2.05 bits per heavy atom. The molecule has 0 N–H and O–H groups in total. The number of carbonyl (C=O) groups excluding carboxylic acids is 1. The number of carbonyl (C=O) groups is 1. The molecule has 3 rings (SSSR count). The van der Waals surface area contributed by atoms with E-state index in [0.29, 0.717) is 0 Å². The Bertz CT molecular complexity index is 636. The summed E-state index contributed by atoms with van der Waals surface area (Å²) in [6.07, 6.45) is 1.82. The Labute approximate surface area is 136 Å². The molecule has 0 unspecified atom stereocenters.